The van der Waals surface area contributed by atoms with Crippen LogP contribution in [0.2, 0.25) is 0 Å². The van der Waals surface area contributed by atoms with Crippen LogP contribution in [0.1, 0.15) is 43.5 Å². The van der Waals surface area contributed by atoms with Gasteiger partial charge in [-0.15, -0.1) is 0 Å². The first-order valence-electron chi connectivity index (χ1n) is 7.73. The second kappa shape index (κ2) is 7.46. The van der Waals surface area contributed by atoms with E-state index in [2.05, 4.69) is 19.2 Å². The fraction of sp³-hybridized carbons (Fsp3) is 0.588. The molecule has 2 unspecified atom stereocenters. The number of aliphatic hydroxyl groups is 1. The second-order valence-electron chi connectivity index (χ2n) is 6.27. The van der Waals surface area contributed by atoms with Crippen molar-refractivity contribution in [3.63, 3.8) is 0 Å². The number of benzene rings is 1. The van der Waals surface area contributed by atoms with Crippen molar-refractivity contribution in [1.29, 1.82) is 0 Å². The summed E-state index contributed by atoms with van der Waals surface area (Å²) in [6.07, 6.45) is 2.44. The van der Waals surface area contributed by atoms with Crippen LogP contribution in [0.5, 0.6) is 5.75 Å². The molecule has 21 heavy (non-hydrogen) atoms. The molecule has 0 saturated heterocycles. The largest absolute Gasteiger partial charge is 0.493 e. The van der Waals surface area contributed by atoms with E-state index < -0.39 is 0 Å². The molecule has 4 nitrogen and oxygen atoms in total. The molecule has 116 valence electrons. The molecule has 0 radical (unpaired) electrons. The SMILES string of the molecule is CC(C)COc1ccc(C(=O)NCC2CCC(O)C2)cc1. The summed E-state index contributed by atoms with van der Waals surface area (Å²) in [6, 6.07) is 7.23. The number of hydrogen-bond donors (Lipinski definition) is 2. The second-order valence-corrected chi connectivity index (χ2v) is 6.27. The van der Waals surface area contributed by atoms with Crippen LogP contribution in [-0.2, 0) is 0 Å². The monoisotopic (exact) mass is 291 g/mol. The van der Waals surface area contributed by atoms with Crippen molar-refractivity contribution in [3.8, 4) is 5.75 Å². The minimum absolute atomic E-state index is 0.0631. The molecule has 4 heteroatoms. The predicted octanol–water partition coefficient (Wildman–Crippen LogP) is 2.61. The first-order valence-corrected chi connectivity index (χ1v) is 7.73. The lowest BCUT2D eigenvalue weighted by atomic mass is 10.1. The van der Waals surface area contributed by atoms with Gasteiger partial charge in [0.1, 0.15) is 5.75 Å². The highest BCUT2D eigenvalue weighted by Gasteiger charge is 2.23. The fourth-order valence-electron chi connectivity index (χ4n) is 2.54. The fourth-order valence-corrected chi connectivity index (χ4v) is 2.54. The maximum absolute atomic E-state index is 12.0. The minimum Gasteiger partial charge on any atom is -0.493 e. The van der Waals surface area contributed by atoms with E-state index in [1.807, 2.05) is 12.1 Å². The summed E-state index contributed by atoms with van der Waals surface area (Å²) in [5, 5.41) is 12.4. The van der Waals surface area contributed by atoms with Gasteiger partial charge >= 0.3 is 0 Å². The number of nitrogens with one attached hydrogen (secondary N) is 1. The third-order valence-electron chi connectivity index (χ3n) is 3.76. The van der Waals surface area contributed by atoms with Crippen LogP contribution in [0.4, 0.5) is 0 Å². The van der Waals surface area contributed by atoms with Gasteiger partial charge in [0.2, 0.25) is 0 Å². The van der Waals surface area contributed by atoms with E-state index in [4.69, 9.17) is 4.74 Å². The van der Waals surface area contributed by atoms with Gasteiger partial charge in [-0.2, -0.15) is 0 Å². The minimum atomic E-state index is -0.190. The molecule has 0 aromatic heterocycles. The number of amides is 1. The van der Waals surface area contributed by atoms with Gasteiger partial charge < -0.3 is 15.2 Å². The maximum Gasteiger partial charge on any atom is 0.251 e. The summed E-state index contributed by atoms with van der Waals surface area (Å²) in [7, 11) is 0. The number of aliphatic hydroxyl groups excluding tert-OH is 1. The summed E-state index contributed by atoms with van der Waals surface area (Å²) in [5.41, 5.74) is 0.644. The molecule has 1 aliphatic carbocycles. The highest BCUT2D eigenvalue weighted by Crippen LogP contribution is 2.24. The van der Waals surface area contributed by atoms with Crippen LogP contribution in [0.25, 0.3) is 0 Å². The molecule has 1 aliphatic rings. The zero-order valence-electron chi connectivity index (χ0n) is 12.8. The summed E-state index contributed by atoms with van der Waals surface area (Å²) in [5.74, 6) is 1.61. The number of carbonyl (C=O) groups excluding carboxylic acids is 1. The standard InChI is InChI=1S/C17H25NO3/c1-12(2)11-21-16-7-4-14(5-8-16)17(20)18-10-13-3-6-15(19)9-13/h4-5,7-8,12-13,15,19H,3,6,9-11H2,1-2H3,(H,18,20). The number of ether oxygens (including phenoxy) is 1. The van der Waals surface area contributed by atoms with Gasteiger partial charge in [-0.1, -0.05) is 13.8 Å². The van der Waals surface area contributed by atoms with Crippen molar-refractivity contribution < 1.29 is 14.6 Å². The van der Waals surface area contributed by atoms with E-state index in [9.17, 15) is 9.90 Å². The van der Waals surface area contributed by atoms with Gasteiger partial charge in [0.25, 0.3) is 5.91 Å². The molecule has 1 aromatic carbocycles. The average molecular weight is 291 g/mol. The van der Waals surface area contributed by atoms with Gasteiger partial charge in [0.15, 0.2) is 0 Å². The zero-order chi connectivity index (χ0) is 15.2. The number of hydrogen-bond acceptors (Lipinski definition) is 3. The van der Waals surface area contributed by atoms with Gasteiger partial charge in [-0.25, -0.2) is 0 Å². The Morgan fingerprint density at radius 3 is 2.62 bits per heavy atom. The van der Waals surface area contributed by atoms with Crippen molar-refractivity contribution in [2.24, 2.45) is 11.8 Å². The van der Waals surface area contributed by atoms with Gasteiger partial charge in [0, 0.05) is 12.1 Å². The predicted molar refractivity (Wildman–Crippen MR) is 82.5 cm³/mol. The van der Waals surface area contributed by atoms with Crippen LogP contribution < -0.4 is 10.1 Å². The van der Waals surface area contributed by atoms with Crippen LogP contribution in [-0.4, -0.2) is 30.3 Å². The highest BCUT2D eigenvalue weighted by molar-refractivity contribution is 5.94. The molecule has 2 atom stereocenters. The smallest absolute Gasteiger partial charge is 0.251 e. The van der Waals surface area contributed by atoms with Crippen molar-refractivity contribution in [1.82, 2.24) is 5.32 Å². The Labute approximate surface area is 126 Å². The van der Waals surface area contributed by atoms with E-state index in [-0.39, 0.29) is 12.0 Å². The van der Waals surface area contributed by atoms with Crippen LogP contribution in [0.3, 0.4) is 0 Å². The van der Waals surface area contributed by atoms with E-state index >= 15 is 0 Å². The van der Waals surface area contributed by atoms with Crippen LogP contribution >= 0.6 is 0 Å². The first kappa shape index (κ1) is 15.8. The van der Waals surface area contributed by atoms with Crippen molar-refractivity contribution in [2.75, 3.05) is 13.2 Å². The molecule has 0 spiro atoms. The molecule has 1 aromatic rings. The van der Waals surface area contributed by atoms with Crippen molar-refractivity contribution in [3.05, 3.63) is 29.8 Å². The van der Waals surface area contributed by atoms with E-state index in [0.717, 1.165) is 25.0 Å². The Morgan fingerprint density at radius 1 is 1.33 bits per heavy atom. The van der Waals surface area contributed by atoms with Gasteiger partial charge in [-0.05, 0) is 55.4 Å². The Bertz CT molecular complexity index is 456. The number of carbonyl (C=O) groups is 1. The van der Waals surface area contributed by atoms with E-state index in [1.54, 1.807) is 12.1 Å². The average Bonchev–Trinajstić information content (AvgIpc) is 2.89. The van der Waals surface area contributed by atoms with E-state index in [0.29, 0.717) is 30.6 Å². The molecule has 1 saturated carbocycles. The Kier molecular flexibility index (Phi) is 5.62. The third-order valence-corrected chi connectivity index (χ3v) is 3.76. The summed E-state index contributed by atoms with van der Waals surface area (Å²) in [4.78, 5) is 12.0. The molecule has 2 N–H and O–H groups in total. The molecule has 0 aliphatic heterocycles. The molecule has 1 fully saturated rings. The third kappa shape index (κ3) is 5.05. The van der Waals surface area contributed by atoms with E-state index in [1.165, 1.54) is 0 Å². The molecular formula is C17H25NO3. The molecular weight excluding hydrogens is 266 g/mol. The van der Waals surface area contributed by atoms with Crippen LogP contribution in [0, 0.1) is 11.8 Å². The molecule has 0 bridgehead atoms. The zero-order valence-corrected chi connectivity index (χ0v) is 12.8. The molecule has 2 rings (SSSR count). The quantitative estimate of drug-likeness (QED) is 0.847. The Hall–Kier alpha value is -1.55. The Balaban J connectivity index is 1.79. The highest BCUT2D eigenvalue weighted by atomic mass is 16.5. The molecule has 1 amide bonds. The van der Waals surface area contributed by atoms with Crippen molar-refractivity contribution >= 4 is 5.91 Å². The maximum atomic E-state index is 12.0. The Morgan fingerprint density at radius 2 is 2.05 bits per heavy atom. The summed E-state index contributed by atoms with van der Waals surface area (Å²) in [6.45, 7) is 5.51. The topological polar surface area (TPSA) is 58.6 Å². The lowest BCUT2D eigenvalue weighted by molar-refractivity contribution is 0.0945. The summed E-state index contributed by atoms with van der Waals surface area (Å²) < 4.78 is 5.60. The first-order chi connectivity index (χ1) is 10.0. The lowest BCUT2D eigenvalue weighted by Gasteiger charge is -2.12. The van der Waals surface area contributed by atoms with Crippen LogP contribution in [0.15, 0.2) is 24.3 Å². The summed E-state index contributed by atoms with van der Waals surface area (Å²) >= 11 is 0. The van der Waals surface area contributed by atoms with Gasteiger partial charge in [-0.3, -0.25) is 4.79 Å². The van der Waals surface area contributed by atoms with Crippen molar-refractivity contribution in [2.45, 2.75) is 39.2 Å². The molecule has 0 heterocycles. The number of rotatable bonds is 6. The lowest BCUT2D eigenvalue weighted by Crippen LogP contribution is -2.28. The normalized spacial score (nSPS) is 21.5. The van der Waals surface area contributed by atoms with Gasteiger partial charge in [0.05, 0.1) is 12.7 Å².